The second-order valence-electron chi connectivity index (χ2n) is 3.73. The number of nitrogens with one attached hydrogen (secondary N) is 1. The van der Waals surface area contributed by atoms with Gasteiger partial charge in [0.25, 0.3) is 0 Å². The van der Waals surface area contributed by atoms with Crippen LogP contribution in [0.5, 0.6) is 0 Å². The number of hydrogen-bond acceptors (Lipinski definition) is 2. The lowest BCUT2D eigenvalue weighted by Crippen LogP contribution is -2.15. The summed E-state index contributed by atoms with van der Waals surface area (Å²) in [6.07, 6.45) is -3.13. The zero-order valence-electron chi connectivity index (χ0n) is 9.58. The highest BCUT2D eigenvalue weighted by atomic mass is 19.4. The summed E-state index contributed by atoms with van der Waals surface area (Å²) < 4.78 is 37.7. The minimum atomic E-state index is -4.68. The van der Waals surface area contributed by atoms with E-state index in [1.54, 1.807) is 13.0 Å². The van der Waals surface area contributed by atoms with Gasteiger partial charge in [-0.3, -0.25) is 0 Å². The largest absolute Gasteiger partial charge is 0.478 e. The molecule has 18 heavy (non-hydrogen) atoms. The van der Waals surface area contributed by atoms with Crippen molar-refractivity contribution in [3.05, 3.63) is 42.0 Å². The summed E-state index contributed by atoms with van der Waals surface area (Å²) in [5, 5.41) is 11.6. The summed E-state index contributed by atoms with van der Waals surface area (Å²) in [6.45, 7) is 5.25. The second kappa shape index (κ2) is 5.12. The van der Waals surface area contributed by atoms with Crippen LogP contribution in [-0.2, 0) is 6.18 Å². The smallest absolute Gasteiger partial charge is 0.417 e. The van der Waals surface area contributed by atoms with Gasteiger partial charge < -0.3 is 10.4 Å². The third kappa shape index (κ3) is 3.26. The third-order valence-corrected chi connectivity index (χ3v) is 2.30. The molecule has 6 heteroatoms. The number of hydrogen-bond donors (Lipinski definition) is 2. The van der Waals surface area contributed by atoms with E-state index >= 15 is 0 Å². The van der Waals surface area contributed by atoms with Crippen molar-refractivity contribution in [3.8, 4) is 0 Å². The number of benzene rings is 1. The number of carboxylic acid groups (broad SMARTS) is 1. The first-order chi connectivity index (χ1) is 8.25. The summed E-state index contributed by atoms with van der Waals surface area (Å²) in [4.78, 5) is 10.8. The Balaban J connectivity index is 3.20. The van der Waals surface area contributed by atoms with E-state index in [0.29, 0.717) is 5.69 Å². The Hall–Kier alpha value is -1.98. The van der Waals surface area contributed by atoms with Gasteiger partial charge in [-0.15, -0.1) is 6.58 Å². The molecule has 0 radical (unpaired) electrons. The third-order valence-electron chi connectivity index (χ3n) is 2.30. The average molecular weight is 259 g/mol. The van der Waals surface area contributed by atoms with Crippen molar-refractivity contribution in [1.29, 1.82) is 0 Å². The molecule has 1 aromatic rings. The predicted octanol–water partition coefficient (Wildman–Crippen LogP) is 3.39. The minimum absolute atomic E-state index is 0.177. The zero-order valence-corrected chi connectivity index (χ0v) is 9.58. The molecular formula is C12H12F3NO2. The molecule has 1 rings (SSSR count). The van der Waals surface area contributed by atoms with Gasteiger partial charge in [0.05, 0.1) is 11.1 Å². The topological polar surface area (TPSA) is 49.3 Å². The van der Waals surface area contributed by atoms with Crippen LogP contribution in [0.15, 0.2) is 30.9 Å². The molecule has 98 valence electrons. The van der Waals surface area contributed by atoms with Crippen molar-refractivity contribution in [2.45, 2.75) is 19.1 Å². The lowest BCUT2D eigenvalue weighted by Gasteiger charge is -2.14. The van der Waals surface area contributed by atoms with Gasteiger partial charge in [0.2, 0.25) is 0 Å². The lowest BCUT2D eigenvalue weighted by atomic mass is 10.1. The van der Waals surface area contributed by atoms with Crippen molar-refractivity contribution in [3.63, 3.8) is 0 Å². The minimum Gasteiger partial charge on any atom is -0.478 e. The molecule has 0 saturated carbocycles. The molecular weight excluding hydrogens is 247 g/mol. The van der Waals surface area contributed by atoms with Gasteiger partial charge in [-0.2, -0.15) is 13.2 Å². The molecule has 0 aliphatic heterocycles. The molecule has 0 saturated heterocycles. The van der Waals surface area contributed by atoms with Gasteiger partial charge >= 0.3 is 12.1 Å². The summed E-state index contributed by atoms with van der Waals surface area (Å²) >= 11 is 0. The average Bonchev–Trinajstić information content (AvgIpc) is 2.27. The Morgan fingerprint density at radius 1 is 1.50 bits per heavy atom. The molecule has 0 aliphatic rings. The first-order valence-electron chi connectivity index (χ1n) is 5.09. The number of rotatable bonds is 4. The SMILES string of the molecule is C=CC(C)Nc1ccc(C(F)(F)F)c(C(=O)O)c1. The molecule has 1 unspecified atom stereocenters. The standard InChI is InChI=1S/C12H12F3NO2/c1-3-7(2)16-8-4-5-10(12(13,14)15)9(6-8)11(17)18/h3-7,16H,1H2,2H3,(H,17,18). The van der Waals surface area contributed by atoms with Crippen LogP contribution in [0.3, 0.4) is 0 Å². The van der Waals surface area contributed by atoms with E-state index in [1.165, 1.54) is 6.07 Å². The molecule has 0 fully saturated rings. The molecule has 2 N–H and O–H groups in total. The van der Waals surface area contributed by atoms with Crippen LogP contribution in [0.1, 0.15) is 22.8 Å². The maximum absolute atomic E-state index is 12.6. The Morgan fingerprint density at radius 3 is 2.56 bits per heavy atom. The van der Waals surface area contributed by atoms with Gasteiger partial charge in [-0.05, 0) is 25.1 Å². The monoisotopic (exact) mass is 259 g/mol. The second-order valence-corrected chi connectivity index (χ2v) is 3.73. The fourth-order valence-electron chi connectivity index (χ4n) is 1.38. The van der Waals surface area contributed by atoms with Crippen LogP contribution >= 0.6 is 0 Å². The number of alkyl halides is 3. The van der Waals surface area contributed by atoms with E-state index in [2.05, 4.69) is 11.9 Å². The fourth-order valence-corrected chi connectivity index (χ4v) is 1.38. The van der Waals surface area contributed by atoms with Gasteiger partial charge in [-0.1, -0.05) is 6.08 Å². The van der Waals surface area contributed by atoms with Gasteiger partial charge in [-0.25, -0.2) is 4.79 Å². The number of anilines is 1. The zero-order chi connectivity index (χ0) is 13.9. The molecule has 1 atom stereocenters. The Kier molecular flexibility index (Phi) is 4.00. The molecule has 0 aliphatic carbocycles. The highest BCUT2D eigenvalue weighted by molar-refractivity contribution is 5.91. The summed E-state index contributed by atoms with van der Waals surface area (Å²) in [6, 6.07) is 2.73. The highest BCUT2D eigenvalue weighted by Crippen LogP contribution is 2.33. The van der Waals surface area contributed by atoms with Crippen LogP contribution in [0.2, 0.25) is 0 Å². The number of carbonyl (C=O) groups is 1. The van der Waals surface area contributed by atoms with Crippen molar-refractivity contribution in [2.75, 3.05) is 5.32 Å². The Morgan fingerprint density at radius 2 is 2.11 bits per heavy atom. The molecule has 0 amide bonds. The molecule has 0 aromatic heterocycles. The van der Waals surface area contributed by atoms with Gasteiger partial charge in [0, 0.05) is 11.7 Å². The number of aromatic carboxylic acids is 1. The maximum Gasteiger partial charge on any atom is 0.417 e. The van der Waals surface area contributed by atoms with Crippen molar-refractivity contribution < 1.29 is 23.1 Å². The first-order valence-corrected chi connectivity index (χ1v) is 5.09. The molecule has 3 nitrogen and oxygen atoms in total. The fraction of sp³-hybridized carbons (Fsp3) is 0.250. The van der Waals surface area contributed by atoms with E-state index in [1.807, 2.05) is 0 Å². The van der Waals surface area contributed by atoms with E-state index in [-0.39, 0.29) is 6.04 Å². The van der Waals surface area contributed by atoms with Crippen molar-refractivity contribution in [1.82, 2.24) is 0 Å². The molecule has 1 aromatic carbocycles. The van der Waals surface area contributed by atoms with E-state index in [9.17, 15) is 18.0 Å². The number of halogens is 3. The van der Waals surface area contributed by atoms with Crippen LogP contribution in [-0.4, -0.2) is 17.1 Å². The van der Waals surface area contributed by atoms with E-state index < -0.39 is 23.3 Å². The summed E-state index contributed by atoms with van der Waals surface area (Å²) in [5.74, 6) is -1.61. The van der Waals surface area contributed by atoms with Gasteiger partial charge in [0.15, 0.2) is 0 Å². The van der Waals surface area contributed by atoms with Crippen molar-refractivity contribution >= 4 is 11.7 Å². The van der Waals surface area contributed by atoms with Crippen LogP contribution < -0.4 is 5.32 Å². The quantitative estimate of drug-likeness (QED) is 0.815. The van der Waals surface area contributed by atoms with Crippen LogP contribution in [0.25, 0.3) is 0 Å². The van der Waals surface area contributed by atoms with Gasteiger partial charge in [0.1, 0.15) is 0 Å². The van der Waals surface area contributed by atoms with Crippen molar-refractivity contribution in [2.24, 2.45) is 0 Å². The Bertz CT molecular complexity index is 469. The summed E-state index contributed by atoms with van der Waals surface area (Å²) in [7, 11) is 0. The van der Waals surface area contributed by atoms with Crippen LogP contribution in [0.4, 0.5) is 18.9 Å². The van der Waals surface area contributed by atoms with Crippen LogP contribution in [0, 0.1) is 0 Å². The number of carboxylic acids is 1. The predicted molar refractivity (Wildman–Crippen MR) is 61.7 cm³/mol. The maximum atomic E-state index is 12.6. The molecule has 0 heterocycles. The van der Waals surface area contributed by atoms with E-state index in [4.69, 9.17) is 5.11 Å². The molecule has 0 spiro atoms. The molecule has 0 bridgehead atoms. The summed E-state index contributed by atoms with van der Waals surface area (Å²) in [5.41, 5.74) is -1.64. The normalized spacial score (nSPS) is 12.9. The highest BCUT2D eigenvalue weighted by Gasteiger charge is 2.35. The Labute approximate surface area is 102 Å². The lowest BCUT2D eigenvalue weighted by molar-refractivity contribution is -0.138. The van der Waals surface area contributed by atoms with E-state index in [0.717, 1.165) is 12.1 Å². The first kappa shape index (κ1) is 14.1.